The van der Waals surface area contributed by atoms with E-state index in [0.29, 0.717) is 11.1 Å². The van der Waals surface area contributed by atoms with Crippen molar-refractivity contribution in [3.05, 3.63) is 287 Å². The highest BCUT2D eigenvalue weighted by Gasteiger charge is 2.54. The lowest BCUT2D eigenvalue weighted by atomic mass is 9.97. The first-order chi connectivity index (χ1) is 46.9. The van der Waals surface area contributed by atoms with Gasteiger partial charge in [0, 0.05) is 0 Å². The van der Waals surface area contributed by atoms with Gasteiger partial charge in [-0.25, -0.2) is 9.59 Å². The molecule has 0 spiro atoms. The summed E-state index contributed by atoms with van der Waals surface area (Å²) in [6.07, 6.45) is -11.3. The van der Waals surface area contributed by atoms with Gasteiger partial charge in [-0.15, -0.1) is 0 Å². The first-order valence-corrected chi connectivity index (χ1v) is 35.6. The summed E-state index contributed by atoms with van der Waals surface area (Å²) < 4.78 is 90.9. The van der Waals surface area contributed by atoms with Crippen LogP contribution in [0.5, 0.6) is 0 Å². The van der Waals surface area contributed by atoms with Crippen LogP contribution in [0, 0.1) is 0 Å². The van der Waals surface area contributed by atoms with E-state index in [9.17, 15) is 9.59 Å². The molecule has 0 radical (unpaired) electrons. The fourth-order valence-corrected chi connectivity index (χ4v) is 18.4. The van der Waals surface area contributed by atoms with Crippen LogP contribution in [0.25, 0.3) is 0 Å². The summed E-state index contributed by atoms with van der Waals surface area (Å²) in [4.78, 5) is 29.4. The fraction of sp³-hybridized carbons (Fsp3) is 0.375. The lowest BCUT2D eigenvalue weighted by Crippen LogP contribution is -2.63. The Kier molecular flexibility index (Phi) is 27.3. The van der Waals surface area contributed by atoms with Gasteiger partial charge in [0.25, 0.3) is 0 Å². The van der Waals surface area contributed by atoms with Gasteiger partial charge in [-0.2, -0.15) is 0 Å². The zero-order valence-electron chi connectivity index (χ0n) is 55.9. The third-order valence-electron chi connectivity index (χ3n) is 17.6. The van der Waals surface area contributed by atoms with Crippen LogP contribution < -0.4 is 0 Å². The molecular formula is C80H92O15Si. The van der Waals surface area contributed by atoms with Crippen LogP contribution in [0.4, 0.5) is 0 Å². The van der Waals surface area contributed by atoms with Gasteiger partial charge in [0.15, 0.2) is 24.8 Å². The number of hydrogen-bond acceptors (Lipinski definition) is 15. The molecule has 0 bridgehead atoms. The van der Waals surface area contributed by atoms with Crippen LogP contribution >= 0.6 is 0 Å². The molecular weight excluding hydrogens is 1230 g/mol. The fourth-order valence-electron chi connectivity index (χ4n) is 12.9. The minimum atomic E-state index is -2.84. The molecule has 2 saturated heterocycles. The van der Waals surface area contributed by atoms with Gasteiger partial charge in [-0.05, 0) is 74.3 Å². The van der Waals surface area contributed by atoms with Crippen LogP contribution in [0.15, 0.2) is 243 Å². The summed E-state index contributed by atoms with van der Waals surface area (Å²) in [6.45, 7) is 14.3. The van der Waals surface area contributed by atoms with E-state index in [1.165, 1.54) is 0 Å². The van der Waals surface area contributed by atoms with Crippen LogP contribution in [0.1, 0.15) is 95.6 Å². The van der Waals surface area contributed by atoms with E-state index in [-0.39, 0.29) is 82.7 Å². The third-order valence-corrected chi connectivity index (χ3v) is 23.7. The predicted molar refractivity (Wildman–Crippen MR) is 369 cm³/mol. The quantitative estimate of drug-likeness (QED) is 0.0273. The molecule has 2 fully saturated rings. The van der Waals surface area contributed by atoms with Gasteiger partial charge < -0.3 is 61.3 Å². The Hall–Kier alpha value is -7.52. The van der Waals surface area contributed by atoms with E-state index in [1.807, 2.05) is 194 Å². The van der Waals surface area contributed by atoms with Crippen molar-refractivity contribution in [2.45, 2.75) is 165 Å². The van der Waals surface area contributed by atoms with Gasteiger partial charge >= 0.3 is 11.9 Å². The van der Waals surface area contributed by atoms with Crippen molar-refractivity contribution >= 4 is 20.3 Å². The van der Waals surface area contributed by atoms with Crippen LogP contribution in [-0.4, -0.2) is 114 Å². The molecule has 96 heavy (non-hydrogen) atoms. The maximum Gasteiger partial charge on any atom is 0.338 e. The summed E-state index contributed by atoms with van der Waals surface area (Å²) >= 11 is 0. The first kappa shape index (κ1) is 71.3. The highest BCUT2D eigenvalue weighted by atomic mass is 28.4. The van der Waals surface area contributed by atoms with E-state index in [2.05, 4.69) is 41.5 Å². The average molecular weight is 1320 g/mol. The minimum absolute atomic E-state index is 0.0494. The Labute approximate surface area is 567 Å². The number of esters is 2. The summed E-state index contributed by atoms with van der Waals surface area (Å²) in [5, 5.41) is 0. The third kappa shape index (κ3) is 20.1. The molecule has 0 saturated carbocycles. The Morgan fingerprint density at radius 3 is 0.875 bits per heavy atom. The van der Waals surface area contributed by atoms with Crippen LogP contribution in [0.3, 0.4) is 0 Å². The molecule has 2 heterocycles. The molecule has 10 rings (SSSR count). The minimum Gasteiger partial charge on any atom is -0.450 e. The van der Waals surface area contributed by atoms with Gasteiger partial charge in [-0.1, -0.05) is 260 Å². The molecule has 5 unspecified atom stereocenters. The topological polar surface area (TPSA) is 154 Å². The molecule has 0 N–H and O–H groups in total. The molecule has 15 nitrogen and oxygen atoms in total. The van der Waals surface area contributed by atoms with E-state index >= 15 is 0 Å². The summed E-state index contributed by atoms with van der Waals surface area (Å²) in [7, 11) is -2.84. The highest BCUT2D eigenvalue weighted by molar-refractivity contribution is 6.77. The highest BCUT2D eigenvalue weighted by Crippen LogP contribution is 2.44. The molecule has 2 aliphatic rings. The molecule has 8 aromatic rings. The van der Waals surface area contributed by atoms with Crippen molar-refractivity contribution in [2.75, 3.05) is 26.4 Å². The van der Waals surface area contributed by atoms with Crippen molar-refractivity contribution in [1.82, 2.24) is 0 Å². The zero-order valence-corrected chi connectivity index (χ0v) is 56.9. The van der Waals surface area contributed by atoms with E-state index in [0.717, 1.165) is 33.4 Å². The van der Waals surface area contributed by atoms with Gasteiger partial charge in [0.05, 0.1) is 83.3 Å². The SMILES string of the molecule is CC(C)[Si](OC(CO[C@H]1OC(COCc2ccccc2)[C@@H](OCc2ccccc2)[C@@H](OCc2ccccc2)C1OC(=O)c1ccccc1)CO[C@H]1OC(COCc2ccccc2)[C@@H](OCc2ccccc2)C(OCc2ccccc2)[C@@H]1OC(=O)c1ccccc1)(C(C)C)C(C)C. The summed E-state index contributed by atoms with van der Waals surface area (Å²) in [5.41, 5.74) is 6.54. The largest absolute Gasteiger partial charge is 0.450 e. The van der Waals surface area contributed by atoms with Crippen molar-refractivity contribution in [3.8, 4) is 0 Å². The molecule has 0 amide bonds. The van der Waals surface area contributed by atoms with E-state index in [4.69, 9.17) is 61.3 Å². The molecule has 11 atom stereocenters. The Morgan fingerprint density at radius 1 is 0.333 bits per heavy atom. The average Bonchev–Trinajstić information content (AvgIpc) is 0.796. The monoisotopic (exact) mass is 1320 g/mol. The van der Waals surface area contributed by atoms with E-state index < -0.39 is 87.8 Å². The van der Waals surface area contributed by atoms with Gasteiger partial charge in [-0.3, -0.25) is 0 Å². The molecule has 2 aliphatic heterocycles. The molecule has 0 aromatic heterocycles. The van der Waals surface area contributed by atoms with Crippen LogP contribution in [-0.2, 0) is 101 Å². The number of carbonyl (C=O) groups is 2. The van der Waals surface area contributed by atoms with E-state index in [1.54, 1.807) is 48.5 Å². The van der Waals surface area contributed by atoms with Gasteiger partial charge in [0.1, 0.15) is 36.6 Å². The number of rotatable bonds is 35. The second-order valence-corrected chi connectivity index (χ2v) is 30.7. The number of ether oxygens (including phenoxy) is 12. The van der Waals surface area contributed by atoms with Crippen LogP contribution in [0.2, 0.25) is 16.6 Å². The Morgan fingerprint density at radius 2 is 0.594 bits per heavy atom. The molecule has 506 valence electrons. The first-order valence-electron chi connectivity index (χ1n) is 33.5. The standard InChI is InChI=1S/C80H92O15Si/c1-57(2)96(58(3)4,59(5)6)95-68(53-89-79-75(93-77(81)66-43-27-13-28-44-66)73(87-51-64-39-23-11-24-40-64)71(85-49-62-35-19-9-20-36-62)69(91-79)55-83-47-60-31-15-7-16-32-60)54-90-80-76(94-78(82)67-45-29-14-30-46-67)74(88-52-65-41-25-12-26-42-65)72(86-50-63-37-21-10-22-38-63)70(92-80)56-84-48-61-33-17-8-18-34-61/h7-46,57-59,68-76,79-80H,47-56H2,1-6H3/t68?,69?,70?,71-,72-,73-,74?,75?,76+,79+,80+/m1/s1. The molecule has 0 aliphatic carbocycles. The lowest BCUT2D eigenvalue weighted by molar-refractivity contribution is -0.328. The molecule has 16 heteroatoms. The maximum atomic E-state index is 14.7. The lowest BCUT2D eigenvalue weighted by Gasteiger charge is -2.47. The summed E-state index contributed by atoms with van der Waals surface area (Å²) in [6, 6.07) is 76.8. The molecule has 8 aromatic carbocycles. The maximum absolute atomic E-state index is 14.7. The number of carbonyl (C=O) groups excluding carboxylic acids is 2. The van der Waals surface area contributed by atoms with Gasteiger partial charge in [0.2, 0.25) is 8.32 Å². The van der Waals surface area contributed by atoms with Crippen molar-refractivity contribution in [3.63, 3.8) is 0 Å². The number of benzene rings is 8. The number of hydrogen-bond donors (Lipinski definition) is 0. The van der Waals surface area contributed by atoms with Crippen molar-refractivity contribution in [2.24, 2.45) is 0 Å². The normalized spacial score (nSPS) is 21.6. The predicted octanol–water partition coefficient (Wildman–Crippen LogP) is 15.3. The van der Waals surface area contributed by atoms with Crippen molar-refractivity contribution in [1.29, 1.82) is 0 Å². The smallest absolute Gasteiger partial charge is 0.338 e. The second kappa shape index (κ2) is 36.7. The summed E-state index contributed by atoms with van der Waals surface area (Å²) in [5.74, 6) is -1.23. The Bertz CT molecular complexity index is 3250. The zero-order chi connectivity index (χ0) is 66.9. The Balaban J connectivity index is 1.03. The van der Waals surface area contributed by atoms with Crippen molar-refractivity contribution < 1.29 is 70.9 Å². The second-order valence-electron chi connectivity index (χ2n) is 25.3.